The van der Waals surface area contributed by atoms with Gasteiger partial charge in [-0.3, -0.25) is 0 Å². The Morgan fingerprint density at radius 2 is 1.67 bits per heavy atom. The van der Waals surface area contributed by atoms with Gasteiger partial charge in [-0.2, -0.15) is 5.10 Å². The Labute approximate surface area is 108 Å². The summed E-state index contributed by atoms with van der Waals surface area (Å²) < 4.78 is 1.93. The molecule has 0 saturated carbocycles. The fourth-order valence-electron chi connectivity index (χ4n) is 2.17. The van der Waals surface area contributed by atoms with Crippen LogP contribution in [0.5, 0.6) is 0 Å². The number of anilines is 1. The Kier molecular flexibility index (Phi) is 2.65. The first-order chi connectivity index (χ1) is 8.12. The predicted molar refractivity (Wildman–Crippen MR) is 74.8 cm³/mol. The molecule has 0 fully saturated rings. The molecule has 0 atom stereocenters. The van der Waals surface area contributed by atoms with Crippen LogP contribution in [0.3, 0.4) is 0 Å². The number of hydrogen-bond donors (Lipinski definition) is 1. The first-order valence-electron chi connectivity index (χ1n) is 6.25. The number of rotatable bonds is 0. The minimum atomic E-state index is 0.0210. The van der Waals surface area contributed by atoms with Gasteiger partial charge in [-0.15, -0.1) is 0 Å². The van der Waals surface area contributed by atoms with Crippen molar-refractivity contribution in [3.05, 3.63) is 23.7 Å². The van der Waals surface area contributed by atoms with Gasteiger partial charge in [0.25, 0.3) is 0 Å². The minimum absolute atomic E-state index is 0.0210. The number of aromatic nitrogens is 3. The topological polar surface area (TPSA) is 56.2 Å². The highest BCUT2D eigenvalue weighted by molar-refractivity contribution is 5.72. The molecule has 0 aliphatic heterocycles. The number of hydrogen-bond acceptors (Lipinski definition) is 3. The normalized spacial score (nSPS) is 13.2. The fraction of sp³-hybridized carbons (Fsp3) is 0.571. The molecule has 2 heterocycles. The van der Waals surface area contributed by atoms with Crippen LogP contribution in [0.25, 0.3) is 5.52 Å². The zero-order valence-electron chi connectivity index (χ0n) is 12.1. The van der Waals surface area contributed by atoms with E-state index in [9.17, 15) is 0 Å². The number of nitrogens with two attached hydrogens (primary N) is 1. The molecule has 0 aliphatic carbocycles. The van der Waals surface area contributed by atoms with Crippen LogP contribution in [-0.2, 0) is 10.8 Å². The average molecular weight is 246 g/mol. The zero-order chi connectivity index (χ0) is 13.7. The van der Waals surface area contributed by atoms with Crippen molar-refractivity contribution in [2.45, 2.75) is 52.4 Å². The van der Waals surface area contributed by atoms with E-state index in [1.807, 2.05) is 4.52 Å². The first-order valence-corrected chi connectivity index (χ1v) is 6.25. The van der Waals surface area contributed by atoms with Gasteiger partial charge in [0.05, 0.1) is 0 Å². The van der Waals surface area contributed by atoms with Crippen LogP contribution < -0.4 is 5.73 Å². The summed E-state index contributed by atoms with van der Waals surface area (Å²) in [5.74, 6) is 0.547. The summed E-state index contributed by atoms with van der Waals surface area (Å²) in [4.78, 5) is 4.12. The smallest absolute Gasteiger partial charge is 0.151 e. The Morgan fingerprint density at radius 3 is 2.17 bits per heavy atom. The predicted octanol–water partition coefficient (Wildman–Crippen LogP) is 2.91. The largest absolute Gasteiger partial charge is 0.382 e. The summed E-state index contributed by atoms with van der Waals surface area (Å²) in [5, 5.41) is 4.37. The lowest BCUT2D eigenvalue weighted by Gasteiger charge is -2.18. The quantitative estimate of drug-likeness (QED) is 0.777. The van der Waals surface area contributed by atoms with Crippen molar-refractivity contribution in [1.82, 2.24) is 14.6 Å². The van der Waals surface area contributed by atoms with E-state index in [2.05, 4.69) is 57.7 Å². The van der Waals surface area contributed by atoms with Gasteiger partial charge in [-0.1, -0.05) is 41.5 Å². The van der Waals surface area contributed by atoms with Crippen molar-refractivity contribution in [3.63, 3.8) is 0 Å². The Bertz CT molecular complexity index is 582. The molecule has 0 saturated heterocycles. The summed E-state index contributed by atoms with van der Waals surface area (Å²) in [6.07, 6.45) is 1.52. The number of nitrogen functional groups attached to an aromatic ring is 1. The van der Waals surface area contributed by atoms with Crippen LogP contribution in [0.4, 0.5) is 5.82 Å². The maximum absolute atomic E-state index is 6.04. The average Bonchev–Trinajstić information content (AvgIpc) is 2.56. The van der Waals surface area contributed by atoms with Crippen LogP contribution >= 0.6 is 0 Å². The highest BCUT2D eigenvalue weighted by atomic mass is 15.3. The van der Waals surface area contributed by atoms with Gasteiger partial charge in [-0.05, 0) is 17.0 Å². The third-order valence-electron chi connectivity index (χ3n) is 3.16. The van der Waals surface area contributed by atoms with E-state index in [0.717, 1.165) is 11.2 Å². The van der Waals surface area contributed by atoms with Gasteiger partial charge in [0.1, 0.15) is 11.8 Å². The van der Waals surface area contributed by atoms with Gasteiger partial charge in [0.2, 0.25) is 0 Å². The van der Waals surface area contributed by atoms with Crippen molar-refractivity contribution >= 4 is 11.3 Å². The first kappa shape index (κ1) is 12.9. The molecule has 98 valence electrons. The van der Waals surface area contributed by atoms with Gasteiger partial charge < -0.3 is 5.73 Å². The van der Waals surface area contributed by atoms with Gasteiger partial charge >= 0.3 is 0 Å². The Balaban J connectivity index is 2.89. The van der Waals surface area contributed by atoms with Crippen LogP contribution in [0.15, 0.2) is 12.4 Å². The monoisotopic (exact) mass is 246 g/mol. The molecular weight excluding hydrogens is 224 g/mol. The minimum Gasteiger partial charge on any atom is -0.382 e. The van der Waals surface area contributed by atoms with E-state index < -0.39 is 0 Å². The van der Waals surface area contributed by atoms with Crippen molar-refractivity contribution in [2.24, 2.45) is 0 Å². The Morgan fingerprint density at radius 1 is 1.06 bits per heavy atom. The standard InChI is InChI=1S/C14H22N4/c1-13(2,3)9-7-10(14(4,5)6)18-11(9)12(15)16-8-17-18/h7-8H,1-6H3,(H2,15,16,17). The molecule has 2 aromatic rings. The third-order valence-corrected chi connectivity index (χ3v) is 3.16. The summed E-state index contributed by atoms with van der Waals surface area (Å²) in [6, 6.07) is 2.21. The highest BCUT2D eigenvalue weighted by Crippen LogP contribution is 2.35. The maximum Gasteiger partial charge on any atom is 0.151 e. The summed E-state index contributed by atoms with van der Waals surface area (Å²) in [6.45, 7) is 13.1. The lowest BCUT2D eigenvalue weighted by molar-refractivity contribution is 0.549. The van der Waals surface area contributed by atoms with Crippen LogP contribution in [0, 0.1) is 0 Å². The molecule has 0 aromatic carbocycles. The second kappa shape index (κ2) is 3.70. The third kappa shape index (κ3) is 1.96. The van der Waals surface area contributed by atoms with Gasteiger partial charge in [0.15, 0.2) is 5.82 Å². The van der Waals surface area contributed by atoms with E-state index in [1.165, 1.54) is 11.9 Å². The number of fused-ring (bicyclic) bond motifs is 1. The van der Waals surface area contributed by atoms with E-state index in [0.29, 0.717) is 5.82 Å². The van der Waals surface area contributed by atoms with Crippen molar-refractivity contribution in [2.75, 3.05) is 5.73 Å². The second-order valence-corrected chi connectivity index (χ2v) is 6.85. The molecule has 4 heteroatoms. The molecule has 18 heavy (non-hydrogen) atoms. The molecule has 2 rings (SSSR count). The molecule has 0 radical (unpaired) electrons. The lowest BCUT2D eigenvalue weighted by atomic mass is 9.85. The zero-order valence-corrected chi connectivity index (χ0v) is 12.1. The molecule has 2 N–H and O–H groups in total. The molecule has 0 spiro atoms. The maximum atomic E-state index is 6.04. The second-order valence-electron chi connectivity index (χ2n) is 6.85. The molecule has 0 unspecified atom stereocenters. The van der Waals surface area contributed by atoms with E-state index >= 15 is 0 Å². The number of nitrogens with zero attached hydrogens (tertiary/aromatic N) is 3. The molecule has 4 nitrogen and oxygen atoms in total. The van der Waals surface area contributed by atoms with Crippen LogP contribution in [0.1, 0.15) is 52.8 Å². The van der Waals surface area contributed by atoms with E-state index in [4.69, 9.17) is 5.73 Å². The van der Waals surface area contributed by atoms with Crippen molar-refractivity contribution in [3.8, 4) is 0 Å². The lowest BCUT2D eigenvalue weighted by Crippen LogP contribution is -2.15. The molecule has 0 amide bonds. The summed E-state index contributed by atoms with van der Waals surface area (Å²) >= 11 is 0. The van der Waals surface area contributed by atoms with E-state index in [-0.39, 0.29) is 10.8 Å². The van der Waals surface area contributed by atoms with Crippen LogP contribution in [-0.4, -0.2) is 14.6 Å². The van der Waals surface area contributed by atoms with Crippen LogP contribution in [0.2, 0.25) is 0 Å². The molecule has 2 aromatic heterocycles. The Hall–Kier alpha value is -1.58. The molecule has 0 bridgehead atoms. The molecule has 0 aliphatic rings. The fourth-order valence-corrected chi connectivity index (χ4v) is 2.17. The highest BCUT2D eigenvalue weighted by Gasteiger charge is 2.27. The molecular formula is C14H22N4. The van der Waals surface area contributed by atoms with Gasteiger partial charge in [0, 0.05) is 11.1 Å². The summed E-state index contributed by atoms with van der Waals surface area (Å²) in [7, 11) is 0. The van der Waals surface area contributed by atoms with Crippen molar-refractivity contribution in [1.29, 1.82) is 0 Å². The van der Waals surface area contributed by atoms with E-state index in [1.54, 1.807) is 0 Å². The van der Waals surface area contributed by atoms with Gasteiger partial charge in [-0.25, -0.2) is 9.50 Å². The SMILES string of the molecule is CC(C)(C)c1cc(C(C)(C)C)n2ncnc(N)c12. The summed E-state index contributed by atoms with van der Waals surface area (Å²) in [5.41, 5.74) is 9.38. The van der Waals surface area contributed by atoms with Crippen molar-refractivity contribution < 1.29 is 0 Å².